The Morgan fingerprint density at radius 3 is 1.86 bits per heavy atom. The molecule has 0 aliphatic carbocycles. The molecule has 2 aromatic carbocycles. The van der Waals surface area contributed by atoms with Crippen LogP contribution in [0.1, 0.15) is 12.0 Å². The summed E-state index contributed by atoms with van der Waals surface area (Å²) >= 11 is 0. The Morgan fingerprint density at radius 2 is 1.41 bits per heavy atom. The van der Waals surface area contributed by atoms with Crippen LogP contribution in [0, 0.1) is 0 Å². The van der Waals surface area contributed by atoms with E-state index in [0.29, 0.717) is 23.8 Å². The van der Waals surface area contributed by atoms with Crippen LogP contribution >= 0.6 is 0 Å². The first-order valence-corrected chi connectivity index (χ1v) is 7.32. The molecule has 22 heavy (non-hydrogen) atoms. The summed E-state index contributed by atoms with van der Waals surface area (Å²) in [5, 5.41) is 0. The van der Waals surface area contributed by atoms with E-state index in [0.717, 1.165) is 24.0 Å². The maximum Gasteiger partial charge on any atom is 0.203 e. The zero-order valence-electron chi connectivity index (χ0n) is 13.4. The summed E-state index contributed by atoms with van der Waals surface area (Å²) in [7, 11) is 4.85. The van der Waals surface area contributed by atoms with E-state index >= 15 is 0 Å². The maximum atomic E-state index is 5.55. The summed E-state index contributed by atoms with van der Waals surface area (Å²) < 4.78 is 16.1. The fourth-order valence-electron chi connectivity index (χ4n) is 2.42. The van der Waals surface area contributed by atoms with Crippen LogP contribution in [0.15, 0.2) is 36.4 Å². The summed E-state index contributed by atoms with van der Waals surface area (Å²) in [5.74, 6) is 1.92. The molecule has 2 rings (SSSR count). The SMILES string of the molecule is COc1cc(-c2ccc(CCCN)cc2)cc(OC)c1OC. The van der Waals surface area contributed by atoms with Gasteiger partial charge in [0.2, 0.25) is 5.75 Å². The van der Waals surface area contributed by atoms with Gasteiger partial charge in [0.05, 0.1) is 21.3 Å². The second-order valence-electron chi connectivity index (χ2n) is 5.00. The highest BCUT2D eigenvalue weighted by molar-refractivity contribution is 5.71. The molecule has 2 N–H and O–H groups in total. The highest BCUT2D eigenvalue weighted by Crippen LogP contribution is 2.41. The third-order valence-electron chi connectivity index (χ3n) is 3.62. The van der Waals surface area contributed by atoms with Crippen molar-refractivity contribution in [2.75, 3.05) is 27.9 Å². The first-order valence-electron chi connectivity index (χ1n) is 7.32. The standard InChI is InChI=1S/C18H23NO3/c1-20-16-11-15(12-17(21-2)18(16)22-3)14-8-6-13(7-9-14)5-4-10-19/h6-9,11-12H,4-5,10,19H2,1-3H3. The lowest BCUT2D eigenvalue weighted by Gasteiger charge is -2.14. The molecule has 0 bridgehead atoms. The van der Waals surface area contributed by atoms with Gasteiger partial charge in [0.15, 0.2) is 11.5 Å². The molecule has 0 unspecified atom stereocenters. The Kier molecular flexibility index (Phi) is 5.67. The van der Waals surface area contributed by atoms with Crippen molar-refractivity contribution >= 4 is 0 Å². The predicted octanol–water partition coefficient (Wildman–Crippen LogP) is 3.27. The summed E-state index contributed by atoms with van der Waals surface area (Å²) in [6.45, 7) is 0.717. The summed E-state index contributed by atoms with van der Waals surface area (Å²) in [6, 6.07) is 12.4. The fraction of sp³-hybridized carbons (Fsp3) is 0.333. The summed E-state index contributed by atoms with van der Waals surface area (Å²) in [4.78, 5) is 0. The van der Waals surface area contributed by atoms with Gasteiger partial charge in [-0.1, -0.05) is 24.3 Å². The van der Waals surface area contributed by atoms with Crippen LogP contribution in [0.25, 0.3) is 11.1 Å². The molecule has 0 amide bonds. The van der Waals surface area contributed by atoms with Crippen molar-refractivity contribution in [3.8, 4) is 28.4 Å². The molecular weight excluding hydrogens is 278 g/mol. The average molecular weight is 301 g/mol. The van der Waals surface area contributed by atoms with Crippen molar-refractivity contribution in [1.82, 2.24) is 0 Å². The van der Waals surface area contributed by atoms with Gasteiger partial charge in [-0.05, 0) is 48.2 Å². The molecule has 0 radical (unpaired) electrons. The number of methoxy groups -OCH3 is 3. The molecule has 2 aromatic rings. The second-order valence-corrected chi connectivity index (χ2v) is 5.00. The monoisotopic (exact) mass is 301 g/mol. The van der Waals surface area contributed by atoms with E-state index in [1.807, 2.05) is 12.1 Å². The number of hydrogen-bond acceptors (Lipinski definition) is 4. The van der Waals surface area contributed by atoms with E-state index in [4.69, 9.17) is 19.9 Å². The third-order valence-corrected chi connectivity index (χ3v) is 3.62. The van der Waals surface area contributed by atoms with Gasteiger partial charge in [-0.3, -0.25) is 0 Å². The Labute approximate surface area is 131 Å². The highest BCUT2D eigenvalue weighted by Gasteiger charge is 2.13. The highest BCUT2D eigenvalue weighted by atomic mass is 16.5. The minimum Gasteiger partial charge on any atom is -0.493 e. The Balaban J connectivity index is 2.35. The van der Waals surface area contributed by atoms with Gasteiger partial charge >= 0.3 is 0 Å². The van der Waals surface area contributed by atoms with Crippen molar-refractivity contribution in [1.29, 1.82) is 0 Å². The summed E-state index contributed by atoms with van der Waals surface area (Å²) in [5.41, 5.74) is 8.98. The van der Waals surface area contributed by atoms with Crippen LogP contribution in [-0.4, -0.2) is 27.9 Å². The lowest BCUT2D eigenvalue weighted by Crippen LogP contribution is -2.00. The van der Waals surface area contributed by atoms with E-state index < -0.39 is 0 Å². The number of benzene rings is 2. The third kappa shape index (κ3) is 3.52. The lowest BCUT2D eigenvalue weighted by atomic mass is 10.0. The van der Waals surface area contributed by atoms with Gasteiger partial charge in [0.1, 0.15) is 0 Å². The smallest absolute Gasteiger partial charge is 0.203 e. The van der Waals surface area contributed by atoms with Crippen LogP contribution in [0.3, 0.4) is 0 Å². The van der Waals surface area contributed by atoms with Gasteiger partial charge in [-0.25, -0.2) is 0 Å². The minimum absolute atomic E-state index is 0.605. The molecule has 0 saturated carbocycles. The molecule has 4 nitrogen and oxygen atoms in total. The molecule has 0 saturated heterocycles. The molecule has 118 valence electrons. The Hall–Kier alpha value is -2.20. The molecule has 4 heteroatoms. The largest absolute Gasteiger partial charge is 0.493 e. The van der Waals surface area contributed by atoms with E-state index in [1.165, 1.54) is 5.56 Å². The molecular formula is C18H23NO3. The quantitative estimate of drug-likeness (QED) is 0.853. The molecule has 0 spiro atoms. The topological polar surface area (TPSA) is 53.7 Å². The van der Waals surface area contributed by atoms with Gasteiger partial charge in [0.25, 0.3) is 0 Å². The van der Waals surface area contributed by atoms with Gasteiger partial charge < -0.3 is 19.9 Å². The van der Waals surface area contributed by atoms with Crippen molar-refractivity contribution in [3.05, 3.63) is 42.0 Å². The van der Waals surface area contributed by atoms with Crippen molar-refractivity contribution < 1.29 is 14.2 Å². The number of aryl methyl sites for hydroxylation is 1. The van der Waals surface area contributed by atoms with Crippen molar-refractivity contribution in [3.63, 3.8) is 0 Å². The van der Waals surface area contributed by atoms with Crippen LogP contribution in [0.5, 0.6) is 17.2 Å². The number of hydrogen-bond donors (Lipinski definition) is 1. The van der Waals surface area contributed by atoms with E-state index in [1.54, 1.807) is 21.3 Å². The Morgan fingerprint density at radius 1 is 0.818 bits per heavy atom. The van der Waals surface area contributed by atoms with Crippen LogP contribution in [0.2, 0.25) is 0 Å². The van der Waals surface area contributed by atoms with Crippen LogP contribution in [0.4, 0.5) is 0 Å². The molecule has 0 aromatic heterocycles. The molecule has 0 heterocycles. The molecule has 0 atom stereocenters. The zero-order valence-corrected chi connectivity index (χ0v) is 13.4. The Bertz CT molecular complexity index is 583. The van der Waals surface area contributed by atoms with Gasteiger partial charge in [0, 0.05) is 0 Å². The van der Waals surface area contributed by atoms with Crippen molar-refractivity contribution in [2.45, 2.75) is 12.8 Å². The van der Waals surface area contributed by atoms with Crippen LogP contribution < -0.4 is 19.9 Å². The normalized spacial score (nSPS) is 10.4. The fourth-order valence-corrected chi connectivity index (χ4v) is 2.42. The average Bonchev–Trinajstić information content (AvgIpc) is 2.58. The zero-order chi connectivity index (χ0) is 15.9. The first kappa shape index (κ1) is 16.2. The molecule has 0 fully saturated rings. The second kappa shape index (κ2) is 7.71. The van der Waals surface area contributed by atoms with E-state index in [9.17, 15) is 0 Å². The summed E-state index contributed by atoms with van der Waals surface area (Å²) in [6.07, 6.45) is 2.01. The van der Waals surface area contributed by atoms with Crippen LogP contribution in [-0.2, 0) is 6.42 Å². The van der Waals surface area contributed by atoms with Gasteiger partial charge in [-0.2, -0.15) is 0 Å². The molecule has 0 aliphatic heterocycles. The minimum atomic E-state index is 0.605. The van der Waals surface area contributed by atoms with Gasteiger partial charge in [-0.15, -0.1) is 0 Å². The maximum absolute atomic E-state index is 5.55. The van der Waals surface area contributed by atoms with E-state index in [-0.39, 0.29) is 0 Å². The lowest BCUT2D eigenvalue weighted by molar-refractivity contribution is 0.324. The number of nitrogens with two attached hydrogens (primary N) is 1. The van der Waals surface area contributed by atoms with E-state index in [2.05, 4.69) is 24.3 Å². The number of rotatable bonds is 7. The molecule has 0 aliphatic rings. The first-order chi connectivity index (χ1) is 10.7. The number of ether oxygens (including phenoxy) is 3. The van der Waals surface area contributed by atoms with Crippen molar-refractivity contribution in [2.24, 2.45) is 5.73 Å². The predicted molar refractivity (Wildman–Crippen MR) is 88.9 cm³/mol.